The van der Waals surface area contributed by atoms with Gasteiger partial charge in [-0.2, -0.15) is 0 Å². The van der Waals surface area contributed by atoms with Crippen LogP contribution in [0.4, 0.5) is 0 Å². The Labute approximate surface area is 404 Å². The highest BCUT2D eigenvalue weighted by atomic mass is 16.6. The van der Waals surface area contributed by atoms with E-state index < -0.39 is 5.41 Å². The molecule has 2 aromatic heterocycles. The summed E-state index contributed by atoms with van der Waals surface area (Å²) in [6.45, 7) is 0. The fourth-order valence-corrected chi connectivity index (χ4v) is 10.9. The number of para-hydroxylation sites is 3. The normalized spacial score (nSPS) is 12.9. The fourth-order valence-electron chi connectivity index (χ4n) is 10.9. The van der Waals surface area contributed by atoms with E-state index in [4.69, 9.17) is 23.9 Å². The first-order valence-electron chi connectivity index (χ1n) is 23.6. The van der Waals surface area contributed by atoms with Gasteiger partial charge < -0.3 is 13.9 Å². The molecule has 10 aromatic carbocycles. The van der Waals surface area contributed by atoms with Gasteiger partial charge in [0.15, 0.2) is 28.8 Å². The zero-order valence-electron chi connectivity index (χ0n) is 37.7. The molecule has 3 heterocycles. The smallest absolute Gasteiger partial charge is 0.178 e. The van der Waals surface area contributed by atoms with Crippen LogP contribution in [0.25, 0.3) is 89.2 Å². The molecule has 5 heteroatoms. The molecule has 0 unspecified atom stereocenters. The molecule has 0 amide bonds. The second-order valence-corrected chi connectivity index (χ2v) is 17.9. The first kappa shape index (κ1) is 39.8. The molecule has 0 atom stereocenters. The van der Waals surface area contributed by atoms with Crippen molar-refractivity contribution in [2.75, 3.05) is 0 Å². The summed E-state index contributed by atoms with van der Waals surface area (Å²) in [6.07, 6.45) is 0. The molecule has 14 rings (SSSR count). The van der Waals surface area contributed by atoms with Gasteiger partial charge in [0.2, 0.25) is 0 Å². The third-order valence-corrected chi connectivity index (χ3v) is 14.1. The lowest BCUT2D eigenvalue weighted by Crippen LogP contribution is -2.28. The molecule has 0 saturated heterocycles. The number of rotatable bonds is 7. The zero-order valence-corrected chi connectivity index (χ0v) is 37.7. The van der Waals surface area contributed by atoms with Gasteiger partial charge in [0.1, 0.15) is 11.2 Å². The molecule has 0 N–H and O–H groups in total. The lowest BCUT2D eigenvalue weighted by Gasteiger charge is -2.34. The van der Waals surface area contributed by atoms with E-state index in [0.717, 1.165) is 89.0 Å². The first-order valence-corrected chi connectivity index (χ1v) is 23.6. The van der Waals surface area contributed by atoms with Gasteiger partial charge in [-0.3, -0.25) is 0 Å². The van der Waals surface area contributed by atoms with E-state index in [0.29, 0.717) is 28.8 Å². The largest absolute Gasteiger partial charge is 0.455 e. The zero-order chi connectivity index (χ0) is 46.2. The van der Waals surface area contributed by atoms with Crippen LogP contribution in [-0.4, -0.2) is 9.97 Å². The summed E-state index contributed by atoms with van der Waals surface area (Å²) >= 11 is 0. The molecular formula is C65H40N2O3. The van der Waals surface area contributed by atoms with Crippen LogP contribution in [0.15, 0.2) is 247 Å². The van der Waals surface area contributed by atoms with Crippen LogP contribution in [0.3, 0.4) is 0 Å². The molecule has 0 saturated carbocycles. The van der Waals surface area contributed by atoms with Gasteiger partial charge in [-0.25, -0.2) is 9.97 Å². The molecule has 328 valence electrons. The summed E-state index contributed by atoms with van der Waals surface area (Å²) in [5, 5.41) is 2.23. The van der Waals surface area contributed by atoms with Gasteiger partial charge in [-0.1, -0.05) is 218 Å². The van der Waals surface area contributed by atoms with Crippen molar-refractivity contribution in [2.24, 2.45) is 0 Å². The average molecular weight is 897 g/mol. The number of nitrogens with zero attached hydrogens (tertiary/aromatic N) is 2. The maximum atomic E-state index is 7.19. The number of benzene rings is 10. The topological polar surface area (TPSA) is 57.4 Å². The SMILES string of the molecule is c1ccc(-c2cc(-c3ccc(-c4cccc5c4oc4ccccc45)cc3)nc(-c3ccc(-c4cccc5c4Oc4c(ccc6c4-c4ccccc4C6(c4ccccc4)c4ccccc4)O5)cc3)n2)cc1. The lowest BCUT2D eigenvalue weighted by atomic mass is 9.68. The Morgan fingerprint density at radius 2 is 0.886 bits per heavy atom. The van der Waals surface area contributed by atoms with E-state index in [2.05, 4.69) is 200 Å². The van der Waals surface area contributed by atoms with Crippen LogP contribution >= 0.6 is 0 Å². The van der Waals surface area contributed by atoms with Crippen molar-refractivity contribution in [1.82, 2.24) is 9.97 Å². The minimum absolute atomic E-state index is 0.558. The number of aromatic nitrogens is 2. The van der Waals surface area contributed by atoms with Crippen molar-refractivity contribution in [1.29, 1.82) is 0 Å². The van der Waals surface area contributed by atoms with Crippen molar-refractivity contribution in [2.45, 2.75) is 5.41 Å². The Morgan fingerprint density at radius 1 is 0.343 bits per heavy atom. The van der Waals surface area contributed by atoms with Crippen molar-refractivity contribution in [3.05, 3.63) is 265 Å². The second-order valence-electron chi connectivity index (χ2n) is 17.9. The van der Waals surface area contributed by atoms with Crippen LogP contribution in [0.5, 0.6) is 23.0 Å². The van der Waals surface area contributed by atoms with Crippen LogP contribution in [0.2, 0.25) is 0 Å². The van der Waals surface area contributed by atoms with E-state index in [9.17, 15) is 0 Å². The third kappa shape index (κ3) is 6.18. The molecule has 2 aliphatic rings. The third-order valence-electron chi connectivity index (χ3n) is 14.1. The summed E-state index contributed by atoms with van der Waals surface area (Å²) in [6, 6.07) is 84.6. The predicted molar refractivity (Wildman–Crippen MR) is 280 cm³/mol. The number of furan rings is 1. The Morgan fingerprint density at radius 3 is 1.63 bits per heavy atom. The van der Waals surface area contributed by atoms with E-state index in [1.165, 1.54) is 16.7 Å². The van der Waals surface area contributed by atoms with Gasteiger partial charge >= 0.3 is 0 Å². The van der Waals surface area contributed by atoms with Crippen molar-refractivity contribution < 1.29 is 13.9 Å². The molecule has 0 radical (unpaired) electrons. The Hall–Kier alpha value is -9.32. The minimum Gasteiger partial charge on any atom is -0.455 e. The molecule has 5 nitrogen and oxygen atoms in total. The molecule has 12 aromatic rings. The number of fused-ring (bicyclic) bond motifs is 9. The molecule has 1 aliphatic carbocycles. The predicted octanol–water partition coefficient (Wildman–Crippen LogP) is 17.0. The van der Waals surface area contributed by atoms with Crippen molar-refractivity contribution >= 4 is 21.9 Å². The highest BCUT2D eigenvalue weighted by Gasteiger charge is 2.48. The quantitative estimate of drug-likeness (QED) is 0.160. The van der Waals surface area contributed by atoms with Crippen molar-refractivity contribution in [3.63, 3.8) is 0 Å². The summed E-state index contributed by atoms with van der Waals surface area (Å²) < 4.78 is 20.4. The maximum absolute atomic E-state index is 7.19. The van der Waals surface area contributed by atoms with Gasteiger partial charge in [0.05, 0.1) is 16.8 Å². The van der Waals surface area contributed by atoms with Crippen LogP contribution < -0.4 is 9.47 Å². The Balaban J connectivity index is 0.832. The van der Waals surface area contributed by atoms with Gasteiger partial charge in [-0.15, -0.1) is 0 Å². The highest BCUT2D eigenvalue weighted by molar-refractivity contribution is 6.09. The van der Waals surface area contributed by atoms with E-state index in [1.807, 2.05) is 42.5 Å². The molecule has 1 aliphatic heterocycles. The standard InChI is InChI=1S/C65H40N2O3/c1-4-16-43(17-5-1)55-40-56(44-34-30-41(31-35-44)48-24-14-26-51-50-22-11-13-28-57(50)69-61(48)51)67-64(66-55)45-36-32-42(33-37-45)49-25-15-29-58-62(49)70-63-59(68-58)39-38-54-60(63)52-23-10-12-27-53(52)65(54,46-18-6-2-7-19-46)47-20-8-3-9-21-47/h1-40H. The van der Waals surface area contributed by atoms with Gasteiger partial charge in [0.25, 0.3) is 0 Å². The van der Waals surface area contributed by atoms with Gasteiger partial charge in [0, 0.05) is 44.2 Å². The van der Waals surface area contributed by atoms with E-state index >= 15 is 0 Å². The second kappa shape index (κ2) is 15.9. The first-order chi connectivity index (χ1) is 34.7. The maximum Gasteiger partial charge on any atom is 0.178 e. The number of hydrogen-bond donors (Lipinski definition) is 0. The fraction of sp³-hybridized carbons (Fsp3) is 0.0154. The van der Waals surface area contributed by atoms with Crippen LogP contribution in [0, 0.1) is 0 Å². The van der Waals surface area contributed by atoms with Crippen LogP contribution in [0.1, 0.15) is 22.3 Å². The van der Waals surface area contributed by atoms with Gasteiger partial charge in [-0.05, 0) is 63.2 Å². The molecule has 0 fully saturated rings. The average Bonchev–Trinajstić information content (AvgIpc) is 3.98. The Bertz CT molecular complexity index is 3940. The van der Waals surface area contributed by atoms with E-state index in [1.54, 1.807) is 0 Å². The minimum atomic E-state index is -0.558. The number of ether oxygens (including phenoxy) is 2. The summed E-state index contributed by atoms with van der Waals surface area (Å²) in [4.78, 5) is 10.4. The molecule has 0 spiro atoms. The highest BCUT2D eigenvalue weighted by Crippen LogP contribution is 2.63. The summed E-state index contributed by atoms with van der Waals surface area (Å²) in [5.74, 6) is 3.39. The lowest BCUT2D eigenvalue weighted by molar-refractivity contribution is 0.361. The monoisotopic (exact) mass is 896 g/mol. The molecular weight excluding hydrogens is 857 g/mol. The Kier molecular flexibility index (Phi) is 9.04. The summed E-state index contributed by atoms with van der Waals surface area (Å²) in [5.41, 5.74) is 16.8. The summed E-state index contributed by atoms with van der Waals surface area (Å²) in [7, 11) is 0. The van der Waals surface area contributed by atoms with Crippen molar-refractivity contribution in [3.8, 4) is 90.3 Å². The molecule has 0 bridgehead atoms. The molecule has 70 heavy (non-hydrogen) atoms. The van der Waals surface area contributed by atoms with Crippen LogP contribution in [-0.2, 0) is 5.41 Å². The van der Waals surface area contributed by atoms with E-state index in [-0.39, 0.29) is 0 Å². The number of hydrogen-bond acceptors (Lipinski definition) is 5.